The largest absolute Gasteiger partial charge is 0.497 e. The van der Waals surface area contributed by atoms with Crippen molar-refractivity contribution in [3.8, 4) is 5.75 Å². The van der Waals surface area contributed by atoms with Crippen LogP contribution in [0.15, 0.2) is 24.3 Å². The lowest BCUT2D eigenvalue weighted by Gasteiger charge is -2.20. The quantitative estimate of drug-likeness (QED) is 0.872. The number of ether oxygens (including phenoxy) is 1. The van der Waals surface area contributed by atoms with Crippen molar-refractivity contribution in [1.82, 2.24) is 0 Å². The van der Waals surface area contributed by atoms with Crippen molar-refractivity contribution in [2.75, 3.05) is 25.1 Å². The predicted octanol–water partition coefficient (Wildman–Crippen LogP) is 1.43. The smallest absolute Gasteiger partial charge is 0.240 e. The van der Waals surface area contributed by atoms with E-state index >= 15 is 0 Å². The van der Waals surface area contributed by atoms with Gasteiger partial charge in [-0.15, -0.1) is 12.4 Å². The molecule has 0 aromatic heterocycles. The van der Waals surface area contributed by atoms with Gasteiger partial charge in [0.05, 0.1) is 13.7 Å². The molecule has 0 aliphatic heterocycles. The van der Waals surface area contributed by atoms with E-state index in [4.69, 9.17) is 10.5 Å². The molecule has 0 atom stereocenters. The lowest BCUT2D eigenvalue weighted by atomic mass is 10.2. The highest BCUT2D eigenvalue weighted by Crippen LogP contribution is 2.18. The molecule has 0 aliphatic rings. The molecule has 0 radical (unpaired) electrons. The zero-order chi connectivity index (χ0) is 11.3. The van der Waals surface area contributed by atoms with Crippen molar-refractivity contribution in [3.05, 3.63) is 24.3 Å². The van der Waals surface area contributed by atoms with Gasteiger partial charge in [0, 0.05) is 12.2 Å². The van der Waals surface area contributed by atoms with Gasteiger partial charge in [-0.2, -0.15) is 0 Å². The summed E-state index contributed by atoms with van der Waals surface area (Å²) in [6.07, 6.45) is 0. The van der Waals surface area contributed by atoms with Gasteiger partial charge in [0.2, 0.25) is 5.91 Å². The van der Waals surface area contributed by atoms with Crippen LogP contribution in [0.1, 0.15) is 6.92 Å². The Labute approximate surface area is 102 Å². The summed E-state index contributed by atoms with van der Waals surface area (Å²) < 4.78 is 5.04. The number of likely N-dealkylation sites (N-methyl/N-ethyl adjacent to an activating group) is 1. The van der Waals surface area contributed by atoms with Crippen molar-refractivity contribution in [3.63, 3.8) is 0 Å². The monoisotopic (exact) mass is 244 g/mol. The zero-order valence-electron chi connectivity index (χ0n) is 9.47. The fraction of sp³-hybridized carbons (Fsp3) is 0.364. The molecule has 0 bridgehead atoms. The first-order valence-corrected chi connectivity index (χ1v) is 4.87. The molecule has 90 valence electrons. The topological polar surface area (TPSA) is 55.6 Å². The van der Waals surface area contributed by atoms with E-state index in [0.29, 0.717) is 6.54 Å². The third-order valence-corrected chi connectivity index (χ3v) is 2.18. The van der Waals surface area contributed by atoms with Crippen LogP contribution in [0.2, 0.25) is 0 Å². The Morgan fingerprint density at radius 2 is 1.94 bits per heavy atom. The highest BCUT2D eigenvalue weighted by Gasteiger charge is 2.11. The minimum absolute atomic E-state index is 0. The Hall–Kier alpha value is -1.26. The molecule has 0 saturated heterocycles. The Balaban J connectivity index is 0.00000225. The number of nitrogens with zero attached hydrogens (tertiary/aromatic N) is 1. The fourth-order valence-electron chi connectivity index (χ4n) is 1.38. The van der Waals surface area contributed by atoms with E-state index in [0.717, 1.165) is 11.4 Å². The van der Waals surface area contributed by atoms with Gasteiger partial charge < -0.3 is 15.4 Å². The number of anilines is 1. The van der Waals surface area contributed by atoms with Crippen molar-refractivity contribution >= 4 is 24.0 Å². The second kappa shape index (κ2) is 7.09. The number of benzene rings is 1. The number of amides is 1. The summed E-state index contributed by atoms with van der Waals surface area (Å²) in [6, 6.07) is 7.33. The van der Waals surface area contributed by atoms with Gasteiger partial charge in [-0.25, -0.2) is 0 Å². The summed E-state index contributed by atoms with van der Waals surface area (Å²) in [5.41, 5.74) is 6.17. The van der Waals surface area contributed by atoms with E-state index in [1.165, 1.54) is 0 Å². The van der Waals surface area contributed by atoms with E-state index in [-0.39, 0.29) is 24.9 Å². The van der Waals surface area contributed by atoms with Gasteiger partial charge in [0.1, 0.15) is 5.75 Å². The van der Waals surface area contributed by atoms with Crippen LogP contribution in [0.4, 0.5) is 5.69 Å². The number of halogens is 1. The molecule has 16 heavy (non-hydrogen) atoms. The highest BCUT2D eigenvalue weighted by molar-refractivity contribution is 5.94. The van der Waals surface area contributed by atoms with Crippen LogP contribution in [-0.4, -0.2) is 26.1 Å². The van der Waals surface area contributed by atoms with Gasteiger partial charge in [-0.05, 0) is 31.2 Å². The molecule has 0 heterocycles. The van der Waals surface area contributed by atoms with Gasteiger partial charge in [0.15, 0.2) is 0 Å². The van der Waals surface area contributed by atoms with Crippen LogP contribution in [0.25, 0.3) is 0 Å². The molecule has 1 aromatic carbocycles. The summed E-state index contributed by atoms with van der Waals surface area (Å²) in [4.78, 5) is 13.1. The molecule has 4 nitrogen and oxygen atoms in total. The molecule has 0 unspecified atom stereocenters. The first-order valence-electron chi connectivity index (χ1n) is 4.87. The Bertz CT molecular complexity index is 327. The van der Waals surface area contributed by atoms with Gasteiger partial charge in [-0.1, -0.05) is 0 Å². The van der Waals surface area contributed by atoms with Crippen LogP contribution in [0.5, 0.6) is 5.75 Å². The van der Waals surface area contributed by atoms with Crippen molar-refractivity contribution in [2.24, 2.45) is 5.73 Å². The van der Waals surface area contributed by atoms with Crippen molar-refractivity contribution in [1.29, 1.82) is 0 Å². The number of hydrogen-bond acceptors (Lipinski definition) is 3. The summed E-state index contributed by atoms with van der Waals surface area (Å²) in [6.45, 7) is 2.56. The first kappa shape index (κ1) is 14.7. The summed E-state index contributed by atoms with van der Waals surface area (Å²) in [7, 11) is 1.61. The number of carbonyl (C=O) groups excluding carboxylic acids is 1. The molecule has 5 heteroatoms. The average molecular weight is 245 g/mol. The number of rotatable bonds is 4. The van der Waals surface area contributed by atoms with Gasteiger partial charge in [0.25, 0.3) is 0 Å². The van der Waals surface area contributed by atoms with Crippen molar-refractivity contribution < 1.29 is 9.53 Å². The molecular formula is C11H17ClN2O2. The maximum Gasteiger partial charge on any atom is 0.240 e. The standard InChI is InChI=1S/C11H16N2O2.ClH/c1-3-13(11(14)8-12)9-4-6-10(15-2)7-5-9;/h4-7H,3,8,12H2,1-2H3;1H. The summed E-state index contributed by atoms with van der Waals surface area (Å²) in [5, 5.41) is 0. The number of nitrogens with two attached hydrogens (primary N) is 1. The minimum Gasteiger partial charge on any atom is -0.497 e. The second-order valence-corrected chi connectivity index (χ2v) is 3.04. The number of carbonyl (C=O) groups is 1. The highest BCUT2D eigenvalue weighted by atomic mass is 35.5. The maximum atomic E-state index is 11.5. The van der Waals surface area contributed by atoms with Crippen LogP contribution < -0.4 is 15.4 Å². The average Bonchev–Trinajstić information content (AvgIpc) is 2.30. The summed E-state index contributed by atoms with van der Waals surface area (Å²) >= 11 is 0. The van der Waals surface area contributed by atoms with Crippen LogP contribution >= 0.6 is 12.4 Å². The van der Waals surface area contributed by atoms with E-state index in [1.807, 2.05) is 31.2 Å². The number of hydrogen-bond donors (Lipinski definition) is 1. The summed E-state index contributed by atoms with van der Waals surface area (Å²) in [5.74, 6) is 0.692. The third-order valence-electron chi connectivity index (χ3n) is 2.18. The van der Waals surface area contributed by atoms with Crippen LogP contribution in [0.3, 0.4) is 0 Å². The Morgan fingerprint density at radius 1 is 1.38 bits per heavy atom. The fourth-order valence-corrected chi connectivity index (χ4v) is 1.38. The minimum atomic E-state index is -0.0809. The molecule has 0 aliphatic carbocycles. The van der Waals surface area contributed by atoms with E-state index in [2.05, 4.69) is 0 Å². The lowest BCUT2D eigenvalue weighted by Crippen LogP contribution is -2.35. The Kier molecular flexibility index (Phi) is 6.53. The van der Waals surface area contributed by atoms with Crippen LogP contribution in [-0.2, 0) is 4.79 Å². The molecule has 0 fully saturated rings. The van der Waals surface area contributed by atoms with Crippen molar-refractivity contribution in [2.45, 2.75) is 6.92 Å². The predicted molar refractivity (Wildman–Crippen MR) is 67.3 cm³/mol. The molecule has 2 N–H and O–H groups in total. The van der Waals surface area contributed by atoms with Gasteiger partial charge in [-0.3, -0.25) is 4.79 Å². The number of methoxy groups -OCH3 is 1. The van der Waals surface area contributed by atoms with E-state index < -0.39 is 0 Å². The van der Waals surface area contributed by atoms with E-state index in [1.54, 1.807) is 12.0 Å². The molecule has 1 amide bonds. The molecular weight excluding hydrogens is 228 g/mol. The van der Waals surface area contributed by atoms with Crippen LogP contribution in [0, 0.1) is 0 Å². The molecule has 0 spiro atoms. The Morgan fingerprint density at radius 3 is 2.31 bits per heavy atom. The van der Waals surface area contributed by atoms with Gasteiger partial charge >= 0.3 is 0 Å². The third kappa shape index (κ3) is 3.40. The molecule has 0 saturated carbocycles. The normalized spacial score (nSPS) is 9.19. The second-order valence-electron chi connectivity index (χ2n) is 3.04. The maximum absolute atomic E-state index is 11.5. The lowest BCUT2D eigenvalue weighted by molar-refractivity contribution is -0.117. The van der Waals surface area contributed by atoms with E-state index in [9.17, 15) is 4.79 Å². The zero-order valence-corrected chi connectivity index (χ0v) is 10.3. The SMILES string of the molecule is CCN(C(=O)CN)c1ccc(OC)cc1.Cl. The molecule has 1 rings (SSSR count). The first-order chi connectivity index (χ1) is 7.22. The molecule has 1 aromatic rings.